The monoisotopic (exact) mass is 228 g/mol. The Morgan fingerprint density at radius 3 is 1.69 bits per heavy atom. The lowest BCUT2D eigenvalue weighted by Crippen LogP contribution is -2.50. The molecule has 0 amide bonds. The first-order chi connectivity index (χ1) is 7.11. The highest BCUT2D eigenvalue weighted by molar-refractivity contribution is 4.92. The summed E-state index contributed by atoms with van der Waals surface area (Å²) in [5.41, 5.74) is 0.619. The topological polar surface area (TPSA) is 6.48 Å². The molecular weight excluding hydrogens is 196 g/mol. The Balaban J connectivity index is 4.14. The van der Waals surface area contributed by atoms with Gasteiger partial charge in [-0.05, 0) is 66.8 Å². The highest BCUT2D eigenvalue weighted by Crippen LogP contribution is 2.38. The number of rotatable bonds is 7. The van der Waals surface area contributed by atoms with Gasteiger partial charge >= 0.3 is 0 Å². The van der Waals surface area contributed by atoms with Gasteiger partial charge in [0.05, 0.1) is 0 Å². The lowest BCUT2D eigenvalue weighted by Gasteiger charge is -2.47. The largest absolute Gasteiger partial charge is 0.309 e. The van der Waals surface area contributed by atoms with Crippen molar-refractivity contribution >= 4 is 0 Å². The molecule has 0 spiro atoms. The minimum absolute atomic E-state index is 0.255. The van der Waals surface area contributed by atoms with Crippen LogP contribution in [0.25, 0.3) is 0 Å². The predicted molar refractivity (Wildman–Crippen MR) is 74.0 cm³/mol. The minimum atomic E-state index is 0.255. The average molecular weight is 228 g/mol. The lowest BCUT2D eigenvalue weighted by atomic mass is 9.70. The van der Waals surface area contributed by atoms with E-state index in [-0.39, 0.29) is 5.54 Å². The molecule has 0 atom stereocenters. The fourth-order valence-corrected chi connectivity index (χ4v) is 1.91. The van der Waals surface area contributed by atoms with Gasteiger partial charge in [0, 0.05) is 5.54 Å². The molecule has 0 bridgehead atoms. The maximum absolute atomic E-state index is 2.39. The van der Waals surface area contributed by atoms with E-state index in [4.69, 9.17) is 0 Å². The van der Waals surface area contributed by atoms with E-state index in [9.17, 15) is 0 Å². The zero-order valence-corrected chi connectivity index (χ0v) is 12.7. The highest BCUT2D eigenvalue weighted by Gasteiger charge is 2.37. The molecule has 0 saturated heterocycles. The molecule has 0 aromatic heterocycles. The zero-order valence-electron chi connectivity index (χ0n) is 12.7. The van der Waals surface area contributed by atoms with E-state index in [1.165, 1.54) is 25.8 Å². The first-order valence-electron chi connectivity index (χ1n) is 6.43. The fourth-order valence-electron chi connectivity index (χ4n) is 1.91. The summed E-state index contributed by atoms with van der Waals surface area (Å²) in [6, 6.07) is 0. The van der Waals surface area contributed by atoms with Gasteiger partial charge in [-0.1, -0.05) is 20.3 Å². The normalized spacial score (nSPS) is 13.9. The smallest absolute Gasteiger partial charge is 0.0198 e. The van der Waals surface area contributed by atoms with Crippen LogP contribution in [-0.4, -0.2) is 50.1 Å². The summed E-state index contributed by atoms with van der Waals surface area (Å²) < 4.78 is 0. The third-order valence-corrected chi connectivity index (χ3v) is 4.43. The number of hydrogen-bond donors (Lipinski definition) is 0. The summed E-state index contributed by atoms with van der Waals surface area (Å²) >= 11 is 0. The van der Waals surface area contributed by atoms with Gasteiger partial charge in [-0.3, -0.25) is 0 Å². The number of nitrogens with zero attached hydrogens (tertiary/aromatic N) is 2. The van der Waals surface area contributed by atoms with E-state index >= 15 is 0 Å². The maximum Gasteiger partial charge on any atom is 0.0198 e. The van der Waals surface area contributed by atoms with Crippen molar-refractivity contribution in [1.82, 2.24) is 9.80 Å². The number of hydrogen-bond acceptors (Lipinski definition) is 2. The quantitative estimate of drug-likeness (QED) is 0.618. The minimum Gasteiger partial charge on any atom is -0.309 e. The standard InChI is InChI=1S/C14H32N2/c1-13(2,14(3,4)16(7)8)11-9-10-12-15(5)6/h9-12H2,1-8H3. The van der Waals surface area contributed by atoms with Gasteiger partial charge in [-0.25, -0.2) is 0 Å². The van der Waals surface area contributed by atoms with Crippen LogP contribution >= 0.6 is 0 Å². The van der Waals surface area contributed by atoms with Crippen molar-refractivity contribution in [1.29, 1.82) is 0 Å². The van der Waals surface area contributed by atoms with Crippen LogP contribution in [0.5, 0.6) is 0 Å². The molecule has 98 valence electrons. The Morgan fingerprint density at radius 2 is 1.31 bits per heavy atom. The van der Waals surface area contributed by atoms with Gasteiger partial charge in [-0.15, -0.1) is 0 Å². The molecule has 0 radical (unpaired) electrons. The molecular formula is C14H32N2. The molecule has 0 heterocycles. The van der Waals surface area contributed by atoms with Crippen molar-refractivity contribution in [2.24, 2.45) is 5.41 Å². The maximum atomic E-state index is 2.39. The van der Waals surface area contributed by atoms with E-state index in [2.05, 4.69) is 65.7 Å². The van der Waals surface area contributed by atoms with Crippen molar-refractivity contribution in [3.63, 3.8) is 0 Å². The lowest BCUT2D eigenvalue weighted by molar-refractivity contribution is 0.0414. The summed E-state index contributed by atoms with van der Waals surface area (Å²) in [7, 11) is 8.66. The molecule has 0 aliphatic carbocycles. The van der Waals surface area contributed by atoms with Crippen LogP contribution in [-0.2, 0) is 0 Å². The van der Waals surface area contributed by atoms with Gasteiger partial charge in [0.2, 0.25) is 0 Å². The molecule has 0 saturated carbocycles. The Hall–Kier alpha value is -0.0800. The van der Waals surface area contributed by atoms with Crippen LogP contribution in [0.15, 0.2) is 0 Å². The molecule has 2 heteroatoms. The van der Waals surface area contributed by atoms with E-state index in [1.807, 2.05) is 0 Å². The van der Waals surface area contributed by atoms with E-state index in [1.54, 1.807) is 0 Å². The van der Waals surface area contributed by atoms with E-state index in [0.29, 0.717) is 5.41 Å². The van der Waals surface area contributed by atoms with Gasteiger partial charge in [0.15, 0.2) is 0 Å². The van der Waals surface area contributed by atoms with E-state index < -0.39 is 0 Å². The van der Waals surface area contributed by atoms with Crippen molar-refractivity contribution in [2.75, 3.05) is 34.7 Å². The Labute approximate surface area is 103 Å². The molecule has 0 aromatic carbocycles. The summed E-state index contributed by atoms with van der Waals surface area (Å²) in [5, 5.41) is 0. The van der Waals surface area contributed by atoms with Gasteiger partial charge < -0.3 is 9.80 Å². The van der Waals surface area contributed by atoms with Gasteiger partial charge in [-0.2, -0.15) is 0 Å². The van der Waals surface area contributed by atoms with Crippen LogP contribution in [0.3, 0.4) is 0 Å². The van der Waals surface area contributed by atoms with Crippen LogP contribution < -0.4 is 0 Å². The van der Waals surface area contributed by atoms with Crippen LogP contribution in [0, 0.1) is 5.41 Å². The molecule has 2 nitrogen and oxygen atoms in total. The second-order valence-corrected chi connectivity index (χ2v) is 6.60. The number of unbranched alkanes of at least 4 members (excludes halogenated alkanes) is 1. The summed E-state index contributed by atoms with van der Waals surface area (Å²) in [6.45, 7) is 10.7. The Bertz CT molecular complexity index is 193. The molecule has 0 aromatic rings. The predicted octanol–water partition coefficient (Wildman–Crippen LogP) is 3.08. The highest BCUT2D eigenvalue weighted by atomic mass is 15.1. The van der Waals surface area contributed by atoms with Crippen molar-refractivity contribution in [3.8, 4) is 0 Å². The SMILES string of the molecule is CN(C)CCCCC(C)(C)C(C)(C)N(C)C. The van der Waals surface area contributed by atoms with Gasteiger partial charge in [0.25, 0.3) is 0 Å². The van der Waals surface area contributed by atoms with Crippen molar-refractivity contribution in [3.05, 3.63) is 0 Å². The first-order valence-corrected chi connectivity index (χ1v) is 6.43. The average Bonchev–Trinajstić information content (AvgIpc) is 2.11. The Morgan fingerprint density at radius 1 is 0.812 bits per heavy atom. The Kier molecular flexibility index (Phi) is 5.99. The first kappa shape index (κ1) is 15.9. The molecule has 0 N–H and O–H groups in total. The molecule has 16 heavy (non-hydrogen) atoms. The van der Waals surface area contributed by atoms with Gasteiger partial charge in [0.1, 0.15) is 0 Å². The second-order valence-electron chi connectivity index (χ2n) is 6.60. The summed E-state index contributed by atoms with van der Waals surface area (Å²) in [6.07, 6.45) is 3.93. The van der Waals surface area contributed by atoms with Crippen LogP contribution in [0.4, 0.5) is 0 Å². The molecule has 0 fully saturated rings. The zero-order chi connectivity index (χ0) is 13.0. The molecule has 0 rings (SSSR count). The summed E-state index contributed by atoms with van der Waals surface area (Å²) in [4.78, 5) is 4.61. The molecule has 0 unspecified atom stereocenters. The van der Waals surface area contributed by atoms with Crippen LogP contribution in [0.1, 0.15) is 47.0 Å². The van der Waals surface area contributed by atoms with Crippen molar-refractivity contribution in [2.45, 2.75) is 52.5 Å². The van der Waals surface area contributed by atoms with Crippen LogP contribution in [0.2, 0.25) is 0 Å². The molecule has 0 aliphatic rings. The van der Waals surface area contributed by atoms with Crippen molar-refractivity contribution < 1.29 is 0 Å². The third-order valence-electron chi connectivity index (χ3n) is 4.43. The third kappa shape index (κ3) is 4.42. The summed E-state index contributed by atoms with van der Waals surface area (Å²) in [5.74, 6) is 0. The fraction of sp³-hybridized carbons (Fsp3) is 1.00. The molecule has 0 aliphatic heterocycles. The second kappa shape index (κ2) is 6.02. The van der Waals surface area contributed by atoms with E-state index in [0.717, 1.165) is 0 Å².